The van der Waals surface area contributed by atoms with Crippen LogP contribution in [0.5, 0.6) is 5.75 Å². The van der Waals surface area contributed by atoms with Crippen LogP contribution in [-0.2, 0) is 6.42 Å². The molecule has 0 aliphatic carbocycles. The second kappa shape index (κ2) is 7.22. The summed E-state index contributed by atoms with van der Waals surface area (Å²) in [5, 5.41) is 18.9. The Balaban J connectivity index is 1.67. The van der Waals surface area contributed by atoms with Gasteiger partial charge in [0.2, 0.25) is 0 Å². The molecule has 2 heterocycles. The summed E-state index contributed by atoms with van der Waals surface area (Å²) in [5.41, 5.74) is 1.93. The minimum absolute atomic E-state index is 0.0263. The molecule has 1 aliphatic heterocycles. The number of phenolic OH excluding ortho intramolecular Hbond substituents is 1. The number of piperazine rings is 1. The lowest BCUT2D eigenvalue weighted by molar-refractivity contribution is 0.0743. The molecule has 3 rings (SSSR count). The minimum Gasteiger partial charge on any atom is -0.507 e. The van der Waals surface area contributed by atoms with Crippen LogP contribution in [-0.4, -0.2) is 47.1 Å². The van der Waals surface area contributed by atoms with Crippen LogP contribution < -0.4 is 4.90 Å². The van der Waals surface area contributed by atoms with Crippen molar-refractivity contribution in [3.63, 3.8) is 0 Å². The van der Waals surface area contributed by atoms with Crippen LogP contribution in [0.2, 0.25) is 0 Å². The summed E-state index contributed by atoms with van der Waals surface area (Å²) in [4.78, 5) is 20.9. The van der Waals surface area contributed by atoms with Gasteiger partial charge in [-0.05, 0) is 36.2 Å². The summed E-state index contributed by atoms with van der Waals surface area (Å²) >= 11 is 0. The normalized spacial score (nSPS) is 14.2. The first kappa shape index (κ1) is 16.8. The first-order chi connectivity index (χ1) is 12.1. The average Bonchev–Trinajstić information content (AvgIpc) is 2.68. The fourth-order valence-corrected chi connectivity index (χ4v) is 2.92. The zero-order valence-corrected chi connectivity index (χ0v) is 14.1. The molecule has 1 fully saturated rings. The van der Waals surface area contributed by atoms with Gasteiger partial charge in [0.25, 0.3) is 5.91 Å². The second-order valence-electron chi connectivity index (χ2n) is 6.00. The van der Waals surface area contributed by atoms with E-state index >= 15 is 0 Å². The van der Waals surface area contributed by atoms with E-state index in [-0.39, 0.29) is 11.7 Å². The second-order valence-corrected chi connectivity index (χ2v) is 6.00. The van der Waals surface area contributed by atoms with Crippen molar-refractivity contribution in [1.29, 1.82) is 5.26 Å². The molecule has 0 spiro atoms. The highest BCUT2D eigenvalue weighted by molar-refractivity contribution is 5.97. The zero-order chi connectivity index (χ0) is 17.8. The van der Waals surface area contributed by atoms with Crippen LogP contribution in [0.4, 0.5) is 5.82 Å². The van der Waals surface area contributed by atoms with Crippen molar-refractivity contribution in [2.75, 3.05) is 31.1 Å². The smallest absolute Gasteiger partial charge is 0.257 e. The van der Waals surface area contributed by atoms with Gasteiger partial charge in [0.05, 0.1) is 11.1 Å². The standard InChI is InChI=1S/C19H20N4O2/c1-2-14-3-5-17(24)16(11-14)19(25)23-9-7-22(8-10-23)18-6-4-15(12-20)13-21-18/h3-6,11,13,24H,2,7-10H2,1H3. The van der Waals surface area contributed by atoms with Gasteiger partial charge in [-0.1, -0.05) is 13.0 Å². The molecule has 1 aliphatic rings. The molecule has 0 bridgehead atoms. The third kappa shape index (κ3) is 3.56. The third-order valence-electron chi connectivity index (χ3n) is 4.47. The van der Waals surface area contributed by atoms with Crippen LogP contribution in [0.3, 0.4) is 0 Å². The van der Waals surface area contributed by atoms with Gasteiger partial charge in [0, 0.05) is 32.4 Å². The molecule has 0 radical (unpaired) electrons. The largest absolute Gasteiger partial charge is 0.507 e. The van der Waals surface area contributed by atoms with E-state index in [0.29, 0.717) is 37.3 Å². The molecule has 6 heteroatoms. The van der Waals surface area contributed by atoms with Crippen molar-refractivity contribution < 1.29 is 9.90 Å². The van der Waals surface area contributed by atoms with E-state index in [0.717, 1.165) is 17.8 Å². The van der Waals surface area contributed by atoms with E-state index in [1.165, 1.54) is 0 Å². The van der Waals surface area contributed by atoms with E-state index < -0.39 is 0 Å². The van der Waals surface area contributed by atoms with Crippen LogP contribution in [0, 0.1) is 11.3 Å². The number of nitrogens with zero attached hydrogens (tertiary/aromatic N) is 4. The number of hydrogen-bond acceptors (Lipinski definition) is 5. The molecule has 25 heavy (non-hydrogen) atoms. The maximum absolute atomic E-state index is 12.7. The monoisotopic (exact) mass is 336 g/mol. The molecule has 0 saturated carbocycles. The Bertz CT molecular complexity index is 803. The topological polar surface area (TPSA) is 80.5 Å². The predicted molar refractivity (Wildman–Crippen MR) is 94.6 cm³/mol. The number of carbonyl (C=O) groups is 1. The highest BCUT2D eigenvalue weighted by atomic mass is 16.3. The van der Waals surface area contributed by atoms with Gasteiger partial charge in [-0.25, -0.2) is 4.98 Å². The highest BCUT2D eigenvalue weighted by Gasteiger charge is 2.24. The van der Waals surface area contributed by atoms with Gasteiger partial charge in [-0.2, -0.15) is 5.26 Å². The van der Waals surface area contributed by atoms with Crippen molar-refractivity contribution >= 4 is 11.7 Å². The van der Waals surface area contributed by atoms with E-state index in [1.54, 1.807) is 29.3 Å². The summed E-state index contributed by atoms with van der Waals surface area (Å²) in [5.74, 6) is 0.695. The van der Waals surface area contributed by atoms with Crippen molar-refractivity contribution in [1.82, 2.24) is 9.88 Å². The molecule has 0 atom stereocenters. The fourth-order valence-electron chi connectivity index (χ4n) is 2.92. The number of aromatic nitrogens is 1. The molecule has 1 aromatic heterocycles. The quantitative estimate of drug-likeness (QED) is 0.929. The number of anilines is 1. The van der Waals surface area contributed by atoms with Gasteiger partial charge in [0.15, 0.2) is 0 Å². The number of amides is 1. The van der Waals surface area contributed by atoms with Crippen molar-refractivity contribution in [2.24, 2.45) is 0 Å². The molecular formula is C19H20N4O2. The lowest BCUT2D eigenvalue weighted by Crippen LogP contribution is -2.49. The van der Waals surface area contributed by atoms with Crippen LogP contribution in [0.25, 0.3) is 0 Å². The number of nitriles is 1. The molecule has 1 amide bonds. The Hall–Kier alpha value is -3.07. The minimum atomic E-state index is -0.139. The summed E-state index contributed by atoms with van der Waals surface area (Å²) in [6.07, 6.45) is 2.37. The molecule has 128 valence electrons. The van der Waals surface area contributed by atoms with Crippen LogP contribution in [0.15, 0.2) is 36.5 Å². The van der Waals surface area contributed by atoms with Crippen LogP contribution in [0.1, 0.15) is 28.4 Å². The van der Waals surface area contributed by atoms with Crippen molar-refractivity contribution in [3.8, 4) is 11.8 Å². The summed E-state index contributed by atoms with van der Waals surface area (Å²) in [6.45, 7) is 4.48. The van der Waals surface area contributed by atoms with Gasteiger partial charge in [-0.3, -0.25) is 4.79 Å². The predicted octanol–water partition coefficient (Wildman–Crippen LogP) is 2.18. The summed E-state index contributed by atoms with van der Waals surface area (Å²) in [6, 6.07) is 10.8. The number of phenols is 1. The molecule has 6 nitrogen and oxygen atoms in total. The summed E-state index contributed by atoms with van der Waals surface area (Å²) in [7, 11) is 0. The Morgan fingerprint density at radius 2 is 2.00 bits per heavy atom. The van der Waals surface area contributed by atoms with Gasteiger partial charge < -0.3 is 14.9 Å². The van der Waals surface area contributed by atoms with Gasteiger partial charge in [-0.15, -0.1) is 0 Å². The number of carbonyl (C=O) groups excluding carboxylic acids is 1. The lowest BCUT2D eigenvalue weighted by Gasteiger charge is -2.35. The first-order valence-corrected chi connectivity index (χ1v) is 8.34. The molecule has 2 aromatic rings. The maximum Gasteiger partial charge on any atom is 0.257 e. The molecule has 0 unspecified atom stereocenters. The highest BCUT2D eigenvalue weighted by Crippen LogP contribution is 2.22. The number of benzene rings is 1. The zero-order valence-electron chi connectivity index (χ0n) is 14.1. The molecule has 1 aromatic carbocycles. The Morgan fingerprint density at radius 1 is 1.24 bits per heavy atom. The Morgan fingerprint density at radius 3 is 2.60 bits per heavy atom. The molecular weight excluding hydrogens is 316 g/mol. The van der Waals surface area contributed by atoms with Crippen molar-refractivity contribution in [3.05, 3.63) is 53.2 Å². The van der Waals surface area contributed by atoms with E-state index in [1.807, 2.05) is 19.1 Å². The average molecular weight is 336 g/mol. The fraction of sp³-hybridized carbons (Fsp3) is 0.316. The van der Waals surface area contributed by atoms with E-state index in [2.05, 4.69) is 16.0 Å². The number of pyridine rings is 1. The summed E-state index contributed by atoms with van der Waals surface area (Å²) < 4.78 is 0. The molecule has 1 N–H and O–H groups in total. The number of hydrogen-bond donors (Lipinski definition) is 1. The van der Waals surface area contributed by atoms with Gasteiger partial charge >= 0.3 is 0 Å². The van der Waals surface area contributed by atoms with Crippen molar-refractivity contribution in [2.45, 2.75) is 13.3 Å². The number of rotatable bonds is 3. The maximum atomic E-state index is 12.7. The Kier molecular flexibility index (Phi) is 4.85. The lowest BCUT2D eigenvalue weighted by atomic mass is 10.1. The van der Waals surface area contributed by atoms with Gasteiger partial charge in [0.1, 0.15) is 17.6 Å². The Labute approximate surface area is 146 Å². The third-order valence-corrected chi connectivity index (χ3v) is 4.47. The number of aryl methyl sites for hydroxylation is 1. The molecule has 1 saturated heterocycles. The number of aromatic hydroxyl groups is 1. The SMILES string of the molecule is CCc1ccc(O)c(C(=O)N2CCN(c3ccc(C#N)cn3)CC2)c1. The first-order valence-electron chi connectivity index (χ1n) is 8.34. The van der Waals surface area contributed by atoms with E-state index in [4.69, 9.17) is 5.26 Å². The van der Waals surface area contributed by atoms with E-state index in [9.17, 15) is 9.90 Å². The van der Waals surface area contributed by atoms with Crippen LogP contribution >= 0.6 is 0 Å².